The third-order valence-electron chi connectivity index (χ3n) is 3.90. The lowest BCUT2D eigenvalue weighted by molar-refractivity contribution is -0.131. The molecule has 1 saturated heterocycles. The second kappa shape index (κ2) is 6.27. The van der Waals surface area contributed by atoms with Crippen LogP contribution in [-0.4, -0.2) is 30.0 Å². The maximum Gasteiger partial charge on any atom is 0.241 e. The van der Waals surface area contributed by atoms with Crippen LogP contribution in [0.1, 0.15) is 45.3 Å². The second-order valence-electron chi connectivity index (χ2n) is 5.45. The Hall–Kier alpha value is -1.55. The topological polar surface area (TPSA) is 41.6 Å². The van der Waals surface area contributed by atoms with Crippen molar-refractivity contribution in [1.82, 2.24) is 10.2 Å². The summed E-state index contributed by atoms with van der Waals surface area (Å²) in [6.45, 7) is 6.19. The normalized spacial score (nSPS) is 24.0. The highest BCUT2D eigenvalue weighted by atomic mass is 16.5. The van der Waals surface area contributed by atoms with Crippen LogP contribution in [0.3, 0.4) is 0 Å². The molecule has 4 nitrogen and oxygen atoms in total. The molecule has 1 heterocycles. The zero-order valence-corrected chi connectivity index (χ0v) is 12.7. The smallest absolute Gasteiger partial charge is 0.241 e. The van der Waals surface area contributed by atoms with E-state index in [1.807, 2.05) is 36.1 Å². The van der Waals surface area contributed by atoms with Gasteiger partial charge < -0.3 is 9.64 Å². The van der Waals surface area contributed by atoms with Crippen molar-refractivity contribution >= 4 is 5.91 Å². The van der Waals surface area contributed by atoms with Gasteiger partial charge in [-0.3, -0.25) is 10.1 Å². The van der Waals surface area contributed by atoms with E-state index in [0.717, 1.165) is 24.2 Å². The van der Waals surface area contributed by atoms with Crippen LogP contribution >= 0.6 is 0 Å². The van der Waals surface area contributed by atoms with Gasteiger partial charge in [0.15, 0.2) is 0 Å². The molecule has 4 heteroatoms. The number of methoxy groups -OCH3 is 1. The zero-order valence-electron chi connectivity index (χ0n) is 12.7. The van der Waals surface area contributed by atoms with Crippen LogP contribution in [0, 0.1) is 0 Å². The molecule has 1 N–H and O–H groups in total. The van der Waals surface area contributed by atoms with Crippen molar-refractivity contribution in [2.45, 2.75) is 51.9 Å². The third kappa shape index (κ3) is 2.80. The molecule has 0 saturated carbocycles. The van der Waals surface area contributed by atoms with Gasteiger partial charge in [-0.05, 0) is 38.0 Å². The van der Waals surface area contributed by atoms with Crippen molar-refractivity contribution in [3.8, 4) is 5.75 Å². The summed E-state index contributed by atoms with van der Waals surface area (Å²) in [6, 6.07) is 8.02. The fourth-order valence-corrected chi connectivity index (χ4v) is 2.84. The Balaban J connectivity index is 2.29. The minimum Gasteiger partial charge on any atom is -0.497 e. The predicted molar refractivity (Wildman–Crippen MR) is 79.5 cm³/mol. The molecular weight excluding hydrogens is 252 g/mol. The molecule has 1 aliphatic heterocycles. The van der Waals surface area contributed by atoms with Gasteiger partial charge >= 0.3 is 0 Å². The molecule has 3 atom stereocenters. The van der Waals surface area contributed by atoms with E-state index in [9.17, 15) is 4.79 Å². The van der Waals surface area contributed by atoms with Gasteiger partial charge in [0.05, 0.1) is 13.2 Å². The lowest BCUT2D eigenvalue weighted by atomic mass is 10.1. The Kier molecular flexibility index (Phi) is 4.65. The molecule has 1 aromatic rings. The first-order chi connectivity index (χ1) is 9.58. The molecule has 1 amide bonds. The van der Waals surface area contributed by atoms with Gasteiger partial charge in [-0.25, -0.2) is 0 Å². The van der Waals surface area contributed by atoms with Gasteiger partial charge in [0.1, 0.15) is 11.9 Å². The van der Waals surface area contributed by atoms with Gasteiger partial charge in [-0.1, -0.05) is 25.5 Å². The Morgan fingerprint density at radius 1 is 1.45 bits per heavy atom. The summed E-state index contributed by atoms with van der Waals surface area (Å²) >= 11 is 0. The van der Waals surface area contributed by atoms with Crippen LogP contribution in [0.4, 0.5) is 0 Å². The van der Waals surface area contributed by atoms with Crippen LogP contribution in [-0.2, 0) is 4.79 Å². The van der Waals surface area contributed by atoms with E-state index in [0.29, 0.717) is 0 Å². The van der Waals surface area contributed by atoms with E-state index in [2.05, 4.69) is 19.2 Å². The first-order valence-corrected chi connectivity index (χ1v) is 7.30. The van der Waals surface area contributed by atoms with E-state index in [4.69, 9.17) is 4.74 Å². The van der Waals surface area contributed by atoms with Gasteiger partial charge in [0.2, 0.25) is 5.91 Å². The molecule has 0 bridgehead atoms. The number of nitrogens with zero attached hydrogens (tertiary/aromatic N) is 1. The van der Waals surface area contributed by atoms with Crippen molar-refractivity contribution in [2.24, 2.45) is 0 Å². The van der Waals surface area contributed by atoms with E-state index >= 15 is 0 Å². The average molecular weight is 276 g/mol. The summed E-state index contributed by atoms with van der Waals surface area (Å²) in [5, 5.41) is 3.38. The lowest BCUT2D eigenvalue weighted by Crippen LogP contribution is -2.38. The van der Waals surface area contributed by atoms with E-state index < -0.39 is 0 Å². The Morgan fingerprint density at radius 2 is 2.20 bits per heavy atom. The number of ether oxygens (including phenoxy) is 1. The molecule has 0 aliphatic carbocycles. The van der Waals surface area contributed by atoms with E-state index in [-0.39, 0.29) is 24.2 Å². The summed E-state index contributed by atoms with van der Waals surface area (Å²) in [5.74, 6) is 0.998. The van der Waals surface area contributed by atoms with Crippen molar-refractivity contribution < 1.29 is 9.53 Å². The molecule has 1 aromatic carbocycles. The number of nitrogens with one attached hydrogen (secondary N) is 1. The van der Waals surface area contributed by atoms with Crippen molar-refractivity contribution in [2.75, 3.05) is 7.11 Å². The number of benzene rings is 1. The Morgan fingerprint density at radius 3 is 2.85 bits per heavy atom. The van der Waals surface area contributed by atoms with Crippen molar-refractivity contribution in [3.63, 3.8) is 0 Å². The van der Waals surface area contributed by atoms with Gasteiger partial charge in [0.25, 0.3) is 0 Å². The molecule has 110 valence electrons. The minimum atomic E-state index is -0.134. The number of amides is 1. The molecule has 1 fully saturated rings. The number of carbonyl (C=O) groups is 1. The minimum absolute atomic E-state index is 0.0610. The molecular formula is C16H24N2O2. The number of rotatable bonds is 5. The highest BCUT2D eigenvalue weighted by molar-refractivity contribution is 5.84. The fraction of sp³-hybridized carbons (Fsp3) is 0.562. The van der Waals surface area contributed by atoms with E-state index in [1.54, 1.807) is 7.11 Å². The first kappa shape index (κ1) is 14.9. The molecule has 1 aliphatic rings. The zero-order chi connectivity index (χ0) is 14.7. The van der Waals surface area contributed by atoms with Gasteiger partial charge in [0, 0.05) is 6.04 Å². The number of hydrogen-bond acceptors (Lipinski definition) is 3. The monoisotopic (exact) mass is 276 g/mol. The Labute approximate surface area is 121 Å². The van der Waals surface area contributed by atoms with Crippen molar-refractivity contribution in [1.29, 1.82) is 0 Å². The molecule has 3 unspecified atom stereocenters. The predicted octanol–water partition coefficient (Wildman–Crippen LogP) is 2.70. The summed E-state index contributed by atoms with van der Waals surface area (Å²) in [7, 11) is 1.66. The lowest BCUT2D eigenvalue weighted by Gasteiger charge is -2.30. The average Bonchev–Trinajstić information content (AvgIpc) is 2.75. The van der Waals surface area contributed by atoms with Crippen LogP contribution < -0.4 is 10.1 Å². The summed E-state index contributed by atoms with van der Waals surface area (Å²) in [5.41, 5.74) is 1.07. The SMILES string of the molecule is CCCC(C)N1C(=O)C(C)NC1c1cccc(OC)c1. The molecule has 20 heavy (non-hydrogen) atoms. The summed E-state index contributed by atoms with van der Waals surface area (Å²) in [4.78, 5) is 14.4. The maximum atomic E-state index is 12.4. The van der Waals surface area contributed by atoms with Crippen LogP contribution in [0.25, 0.3) is 0 Å². The standard InChI is InChI=1S/C16H24N2O2/c1-5-7-11(2)18-15(17-12(3)16(18)19)13-8-6-9-14(10-13)20-4/h6,8-12,15,17H,5,7H2,1-4H3. The molecule has 0 spiro atoms. The molecule has 0 radical (unpaired) electrons. The van der Waals surface area contributed by atoms with Gasteiger partial charge in [-0.2, -0.15) is 0 Å². The van der Waals surface area contributed by atoms with Crippen LogP contribution in [0.5, 0.6) is 5.75 Å². The quantitative estimate of drug-likeness (QED) is 0.899. The highest BCUT2D eigenvalue weighted by Crippen LogP contribution is 2.30. The van der Waals surface area contributed by atoms with Crippen LogP contribution in [0.15, 0.2) is 24.3 Å². The summed E-state index contributed by atoms with van der Waals surface area (Å²) in [6.07, 6.45) is 2.03. The number of carbonyl (C=O) groups excluding carboxylic acids is 1. The first-order valence-electron chi connectivity index (χ1n) is 7.30. The second-order valence-corrected chi connectivity index (χ2v) is 5.45. The van der Waals surface area contributed by atoms with Crippen LogP contribution in [0.2, 0.25) is 0 Å². The third-order valence-corrected chi connectivity index (χ3v) is 3.90. The number of hydrogen-bond donors (Lipinski definition) is 1. The maximum absolute atomic E-state index is 12.4. The highest BCUT2D eigenvalue weighted by Gasteiger charge is 2.39. The van der Waals surface area contributed by atoms with Gasteiger partial charge in [-0.15, -0.1) is 0 Å². The molecule has 2 rings (SSSR count). The summed E-state index contributed by atoms with van der Waals surface area (Å²) < 4.78 is 5.28. The Bertz CT molecular complexity index is 475. The van der Waals surface area contributed by atoms with Crippen molar-refractivity contribution in [3.05, 3.63) is 29.8 Å². The van der Waals surface area contributed by atoms with E-state index in [1.165, 1.54) is 0 Å². The largest absolute Gasteiger partial charge is 0.497 e. The fourth-order valence-electron chi connectivity index (χ4n) is 2.84. The molecule has 0 aromatic heterocycles.